The summed E-state index contributed by atoms with van der Waals surface area (Å²) < 4.78 is 4.98. The van der Waals surface area contributed by atoms with Gasteiger partial charge in [0.05, 0.1) is 12.4 Å². The summed E-state index contributed by atoms with van der Waals surface area (Å²) >= 11 is 0. The van der Waals surface area contributed by atoms with Crippen LogP contribution >= 0.6 is 0 Å². The lowest BCUT2D eigenvalue weighted by atomic mass is 9.77. The average Bonchev–Trinajstić information content (AvgIpc) is 2.69. The van der Waals surface area contributed by atoms with Crippen LogP contribution in [0.1, 0.15) is 76.7 Å². The highest BCUT2D eigenvalue weighted by Crippen LogP contribution is 2.38. The highest BCUT2D eigenvalue weighted by molar-refractivity contribution is 5.69. The maximum atomic E-state index is 11.0. The second-order valence-electron chi connectivity index (χ2n) is 7.67. The highest BCUT2D eigenvalue weighted by Gasteiger charge is 2.22. The number of unbranched alkanes of at least 4 members (excludes halogenated alkanes) is 2. The van der Waals surface area contributed by atoms with E-state index in [0.29, 0.717) is 17.5 Å². The Hall–Kier alpha value is -2.23. The first kappa shape index (κ1) is 19.5. The van der Waals surface area contributed by atoms with E-state index in [-0.39, 0.29) is 5.97 Å². The molecule has 1 aliphatic carbocycles. The third-order valence-electron chi connectivity index (χ3n) is 5.59. The van der Waals surface area contributed by atoms with E-state index in [4.69, 9.17) is 4.74 Å². The number of nitrogens with zero attached hydrogens (tertiary/aromatic N) is 2. The van der Waals surface area contributed by atoms with Crippen molar-refractivity contribution >= 4 is 5.97 Å². The summed E-state index contributed by atoms with van der Waals surface area (Å²) in [7, 11) is 0. The molecule has 0 aliphatic heterocycles. The monoisotopic (exact) mass is 366 g/mol. The zero-order valence-electron chi connectivity index (χ0n) is 16.5. The highest BCUT2D eigenvalue weighted by atomic mass is 16.5. The molecule has 0 atom stereocenters. The Balaban J connectivity index is 1.55. The molecule has 0 unspecified atom stereocenters. The van der Waals surface area contributed by atoms with Gasteiger partial charge in [-0.05, 0) is 43.1 Å². The third kappa shape index (κ3) is 5.62. The molecule has 1 aromatic heterocycles. The van der Waals surface area contributed by atoms with Gasteiger partial charge in [-0.3, -0.25) is 4.79 Å². The van der Waals surface area contributed by atoms with Gasteiger partial charge >= 0.3 is 5.97 Å². The minimum Gasteiger partial charge on any atom is -0.423 e. The number of carbonyl (C=O) groups is 1. The Morgan fingerprint density at radius 3 is 2.30 bits per heavy atom. The summed E-state index contributed by atoms with van der Waals surface area (Å²) in [5.74, 6) is 2.29. The van der Waals surface area contributed by atoms with Crippen LogP contribution < -0.4 is 4.74 Å². The number of ether oxygens (including phenoxy) is 1. The third-order valence-corrected chi connectivity index (χ3v) is 5.59. The summed E-state index contributed by atoms with van der Waals surface area (Å²) in [6, 6.07) is 8.65. The van der Waals surface area contributed by atoms with Crippen molar-refractivity contribution < 1.29 is 9.53 Å². The molecular formula is C23H30N2O2. The zero-order valence-corrected chi connectivity index (χ0v) is 16.5. The second kappa shape index (κ2) is 9.63. The van der Waals surface area contributed by atoms with E-state index in [1.165, 1.54) is 76.2 Å². The summed E-state index contributed by atoms with van der Waals surface area (Å²) in [5.41, 5.74) is 2.42. The molecule has 4 nitrogen and oxygen atoms in total. The first-order valence-corrected chi connectivity index (χ1v) is 10.3. The van der Waals surface area contributed by atoms with Crippen LogP contribution in [0, 0.1) is 5.92 Å². The molecule has 3 rings (SSSR count). The van der Waals surface area contributed by atoms with E-state index < -0.39 is 0 Å². The minimum absolute atomic E-state index is 0.365. The molecule has 0 N–H and O–H groups in total. The maximum absolute atomic E-state index is 11.0. The molecular weight excluding hydrogens is 336 g/mol. The lowest BCUT2D eigenvalue weighted by Crippen LogP contribution is -2.13. The molecule has 144 valence electrons. The van der Waals surface area contributed by atoms with Gasteiger partial charge in [0.2, 0.25) is 0 Å². The van der Waals surface area contributed by atoms with Crippen LogP contribution in [-0.4, -0.2) is 15.9 Å². The summed E-state index contributed by atoms with van der Waals surface area (Å²) in [4.78, 5) is 19.6. The van der Waals surface area contributed by atoms with Gasteiger partial charge in [0.1, 0.15) is 0 Å². The van der Waals surface area contributed by atoms with Gasteiger partial charge in [-0.2, -0.15) is 0 Å². The quantitative estimate of drug-likeness (QED) is 0.450. The first-order valence-electron chi connectivity index (χ1n) is 10.3. The predicted molar refractivity (Wildman–Crippen MR) is 108 cm³/mol. The van der Waals surface area contributed by atoms with Crippen molar-refractivity contribution in [1.29, 1.82) is 0 Å². The van der Waals surface area contributed by atoms with E-state index in [1.807, 2.05) is 0 Å². The van der Waals surface area contributed by atoms with Gasteiger partial charge in [-0.15, -0.1) is 0 Å². The number of benzene rings is 1. The van der Waals surface area contributed by atoms with Crippen molar-refractivity contribution in [2.45, 2.75) is 71.1 Å². The van der Waals surface area contributed by atoms with Gasteiger partial charge in [0.15, 0.2) is 11.6 Å². The lowest BCUT2D eigenvalue weighted by Gasteiger charge is -2.29. The molecule has 1 aromatic carbocycles. The van der Waals surface area contributed by atoms with E-state index >= 15 is 0 Å². The Labute approximate surface area is 162 Å². The van der Waals surface area contributed by atoms with E-state index in [0.717, 1.165) is 11.5 Å². The minimum atomic E-state index is -0.365. The van der Waals surface area contributed by atoms with Crippen LogP contribution in [0.4, 0.5) is 0 Å². The largest absolute Gasteiger partial charge is 0.423 e. The molecule has 1 fully saturated rings. The van der Waals surface area contributed by atoms with Crippen LogP contribution in [-0.2, 0) is 4.79 Å². The molecule has 0 bridgehead atoms. The van der Waals surface area contributed by atoms with Gasteiger partial charge in [-0.1, -0.05) is 56.9 Å². The average molecular weight is 367 g/mol. The van der Waals surface area contributed by atoms with E-state index in [2.05, 4.69) is 41.2 Å². The second-order valence-corrected chi connectivity index (χ2v) is 7.67. The van der Waals surface area contributed by atoms with Crippen molar-refractivity contribution in [1.82, 2.24) is 9.97 Å². The van der Waals surface area contributed by atoms with Crippen LogP contribution in [0.15, 0.2) is 36.7 Å². The smallest absolute Gasteiger partial charge is 0.308 e. The summed E-state index contributed by atoms with van der Waals surface area (Å²) in [6.45, 7) is 3.64. The van der Waals surface area contributed by atoms with Gasteiger partial charge in [0, 0.05) is 12.5 Å². The van der Waals surface area contributed by atoms with Crippen LogP contribution in [0.3, 0.4) is 0 Å². The fraction of sp³-hybridized carbons (Fsp3) is 0.522. The lowest BCUT2D eigenvalue weighted by molar-refractivity contribution is -0.131. The molecule has 4 heteroatoms. The normalized spacial score (nSPS) is 19.6. The molecule has 0 spiro atoms. The molecule has 1 heterocycles. The maximum Gasteiger partial charge on any atom is 0.308 e. The Kier molecular flexibility index (Phi) is 6.97. The van der Waals surface area contributed by atoms with Gasteiger partial charge in [-0.25, -0.2) is 9.97 Å². The Morgan fingerprint density at radius 2 is 1.70 bits per heavy atom. The fourth-order valence-electron chi connectivity index (χ4n) is 4.06. The number of rotatable bonds is 7. The van der Waals surface area contributed by atoms with Gasteiger partial charge < -0.3 is 4.74 Å². The summed E-state index contributed by atoms with van der Waals surface area (Å²) in [5, 5.41) is 0. The Morgan fingerprint density at radius 1 is 1.04 bits per heavy atom. The number of hydrogen-bond acceptors (Lipinski definition) is 4. The van der Waals surface area contributed by atoms with E-state index in [1.54, 1.807) is 0 Å². The number of esters is 1. The van der Waals surface area contributed by atoms with Crippen molar-refractivity contribution in [2.75, 3.05) is 0 Å². The van der Waals surface area contributed by atoms with Crippen molar-refractivity contribution in [2.24, 2.45) is 5.92 Å². The number of aromatic nitrogens is 2. The molecule has 0 saturated heterocycles. The molecule has 2 aromatic rings. The van der Waals surface area contributed by atoms with Crippen molar-refractivity contribution in [3.8, 4) is 17.1 Å². The molecule has 27 heavy (non-hydrogen) atoms. The molecule has 0 radical (unpaired) electrons. The van der Waals surface area contributed by atoms with Crippen LogP contribution in [0.25, 0.3) is 11.4 Å². The van der Waals surface area contributed by atoms with Crippen molar-refractivity contribution in [3.05, 3.63) is 42.2 Å². The SMILES string of the molecule is CCCCCC1CCC(c2ccc(-c3ncc(OC(C)=O)cn3)cc2)CC1. The van der Waals surface area contributed by atoms with Crippen molar-refractivity contribution in [3.63, 3.8) is 0 Å². The molecule has 0 amide bonds. The standard InChI is InChI=1S/C23H30N2O2/c1-3-4-5-6-18-7-9-19(10-8-18)20-11-13-21(14-12-20)23-24-15-22(16-25-23)27-17(2)26/h11-16,18-19H,3-10H2,1-2H3. The van der Waals surface area contributed by atoms with Gasteiger partial charge in [0.25, 0.3) is 0 Å². The molecule has 1 saturated carbocycles. The zero-order chi connectivity index (χ0) is 19.1. The fourth-order valence-corrected chi connectivity index (χ4v) is 4.06. The molecule has 1 aliphatic rings. The number of hydrogen-bond donors (Lipinski definition) is 0. The predicted octanol–water partition coefficient (Wildman–Crippen LogP) is 5.92. The summed E-state index contributed by atoms with van der Waals surface area (Å²) in [6.07, 6.45) is 14.0. The van der Waals surface area contributed by atoms with Crippen LogP contribution in [0.5, 0.6) is 5.75 Å². The first-order chi connectivity index (χ1) is 13.2. The topological polar surface area (TPSA) is 52.1 Å². The van der Waals surface area contributed by atoms with Crippen LogP contribution in [0.2, 0.25) is 0 Å². The Bertz CT molecular complexity index is 717. The van der Waals surface area contributed by atoms with E-state index in [9.17, 15) is 4.79 Å². The number of carbonyl (C=O) groups excluding carboxylic acids is 1.